The zero-order valence-electron chi connectivity index (χ0n) is 8.42. The fraction of sp³-hybridized carbons (Fsp3) is 0.200. The van der Waals surface area contributed by atoms with Gasteiger partial charge in [0.05, 0.1) is 5.69 Å². The number of urea groups is 1. The van der Waals surface area contributed by atoms with E-state index in [0.29, 0.717) is 12.3 Å². The van der Waals surface area contributed by atoms with Gasteiger partial charge in [-0.15, -0.1) is 0 Å². The summed E-state index contributed by atoms with van der Waals surface area (Å²) in [6.45, 7) is 1.88. The van der Waals surface area contributed by atoms with Gasteiger partial charge in [-0.1, -0.05) is 37.9 Å². The molecule has 1 aromatic rings. The van der Waals surface area contributed by atoms with Crippen LogP contribution in [-0.4, -0.2) is 16.2 Å². The molecule has 4 nitrogen and oxygen atoms in total. The standard InChI is InChI=1S/C10H13N3OS/c1-2-9(13(15)10(11)14)12-8-6-4-3-5-7-8/h3-7,15H,2H2,1H3,(H2,11,14). The van der Waals surface area contributed by atoms with Crippen LogP contribution in [0.15, 0.2) is 35.3 Å². The molecule has 0 unspecified atom stereocenters. The van der Waals surface area contributed by atoms with Crippen molar-refractivity contribution in [2.24, 2.45) is 10.7 Å². The van der Waals surface area contributed by atoms with Gasteiger partial charge in [-0.3, -0.25) is 0 Å². The monoisotopic (exact) mass is 223 g/mol. The number of para-hydroxylation sites is 1. The Morgan fingerprint density at radius 2 is 2.07 bits per heavy atom. The molecule has 0 saturated carbocycles. The molecule has 2 N–H and O–H groups in total. The van der Waals surface area contributed by atoms with Crippen LogP contribution in [0.4, 0.5) is 10.5 Å². The first-order valence-electron chi connectivity index (χ1n) is 4.56. The molecule has 0 heterocycles. The summed E-state index contributed by atoms with van der Waals surface area (Å²) in [5, 5.41) is 0. The number of primary amides is 1. The molecule has 15 heavy (non-hydrogen) atoms. The summed E-state index contributed by atoms with van der Waals surface area (Å²) >= 11 is 3.96. The van der Waals surface area contributed by atoms with E-state index in [1.54, 1.807) is 0 Å². The molecular formula is C10H13N3OS. The van der Waals surface area contributed by atoms with Gasteiger partial charge in [-0.25, -0.2) is 14.1 Å². The summed E-state index contributed by atoms with van der Waals surface area (Å²) in [4.78, 5) is 15.1. The average molecular weight is 223 g/mol. The Bertz CT molecular complexity index is 364. The maximum atomic E-state index is 10.9. The number of carbonyl (C=O) groups is 1. The van der Waals surface area contributed by atoms with E-state index in [1.165, 1.54) is 0 Å². The SMILES string of the molecule is CCC(=Nc1ccccc1)N(S)C(N)=O. The second-order valence-electron chi connectivity index (χ2n) is 2.87. The first-order chi connectivity index (χ1) is 7.15. The van der Waals surface area contributed by atoms with Crippen LogP contribution in [0, 0.1) is 0 Å². The van der Waals surface area contributed by atoms with Gasteiger partial charge in [-0.2, -0.15) is 0 Å². The third kappa shape index (κ3) is 3.28. The molecule has 0 atom stereocenters. The lowest BCUT2D eigenvalue weighted by Crippen LogP contribution is -2.32. The highest BCUT2D eigenvalue weighted by molar-refractivity contribution is 7.79. The largest absolute Gasteiger partial charge is 0.350 e. The molecule has 80 valence electrons. The minimum absolute atomic E-state index is 0.525. The molecule has 0 aliphatic rings. The minimum atomic E-state index is -0.630. The van der Waals surface area contributed by atoms with Crippen molar-refractivity contribution < 1.29 is 4.79 Å². The van der Waals surface area contributed by atoms with Crippen LogP contribution >= 0.6 is 12.8 Å². The molecule has 0 aliphatic heterocycles. The number of carbonyl (C=O) groups excluding carboxylic acids is 1. The van der Waals surface area contributed by atoms with Crippen LogP contribution < -0.4 is 5.73 Å². The summed E-state index contributed by atoms with van der Waals surface area (Å²) in [5.41, 5.74) is 5.87. The Morgan fingerprint density at radius 1 is 1.47 bits per heavy atom. The van der Waals surface area contributed by atoms with Crippen molar-refractivity contribution in [3.63, 3.8) is 0 Å². The van der Waals surface area contributed by atoms with E-state index in [1.807, 2.05) is 37.3 Å². The molecule has 0 spiro atoms. The summed E-state index contributed by atoms with van der Waals surface area (Å²) in [5.74, 6) is 0.525. The van der Waals surface area contributed by atoms with E-state index >= 15 is 0 Å². The summed E-state index contributed by atoms with van der Waals surface area (Å²) in [7, 11) is 0. The summed E-state index contributed by atoms with van der Waals surface area (Å²) in [6, 6.07) is 8.71. The van der Waals surface area contributed by atoms with Crippen LogP contribution in [0.3, 0.4) is 0 Å². The normalized spacial score (nSPS) is 11.2. The van der Waals surface area contributed by atoms with Gasteiger partial charge < -0.3 is 5.73 Å². The lowest BCUT2D eigenvalue weighted by Gasteiger charge is -2.13. The zero-order valence-corrected chi connectivity index (χ0v) is 9.32. The average Bonchev–Trinajstić information content (AvgIpc) is 2.26. The molecule has 5 heteroatoms. The van der Waals surface area contributed by atoms with Crippen LogP contribution in [0.25, 0.3) is 0 Å². The molecule has 0 radical (unpaired) electrons. The lowest BCUT2D eigenvalue weighted by molar-refractivity contribution is 0.244. The summed E-state index contributed by atoms with van der Waals surface area (Å²) < 4.78 is 1.05. The Hall–Kier alpha value is -1.49. The summed E-state index contributed by atoms with van der Waals surface area (Å²) in [6.07, 6.45) is 0.585. The fourth-order valence-electron chi connectivity index (χ4n) is 1.05. The number of benzene rings is 1. The molecule has 1 rings (SSSR count). The third-order valence-electron chi connectivity index (χ3n) is 1.78. The van der Waals surface area contributed by atoms with Crippen molar-refractivity contribution in [3.05, 3.63) is 30.3 Å². The highest BCUT2D eigenvalue weighted by atomic mass is 32.1. The molecular weight excluding hydrogens is 210 g/mol. The minimum Gasteiger partial charge on any atom is -0.350 e. The molecule has 0 saturated heterocycles. The Kier molecular flexibility index (Phi) is 4.17. The van der Waals surface area contributed by atoms with Gasteiger partial charge >= 0.3 is 6.03 Å². The van der Waals surface area contributed by atoms with Crippen LogP contribution in [-0.2, 0) is 0 Å². The quantitative estimate of drug-likeness (QED) is 0.451. The number of nitrogens with zero attached hydrogens (tertiary/aromatic N) is 2. The number of rotatable bonds is 2. The highest BCUT2D eigenvalue weighted by Gasteiger charge is 2.10. The highest BCUT2D eigenvalue weighted by Crippen LogP contribution is 2.13. The topological polar surface area (TPSA) is 58.7 Å². The van der Waals surface area contributed by atoms with E-state index in [4.69, 9.17) is 5.73 Å². The third-order valence-corrected chi connectivity index (χ3v) is 2.21. The Morgan fingerprint density at radius 3 is 2.53 bits per heavy atom. The smallest absolute Gasteiger partial charge is 0.330 e. The van der Waals surface area contributed by atoms with Gasteiger partial charge in [0.1, 0.15) is 5.84 Å². The number of thiol groups is 1. The number of hydrogen-bond donors (Lipinski definition) is 2. The maximum Gasteiger partial charge on any atom is 0.330 e. The molecule has 0 fully saturated rings. The second kappa shape index (κ2) is 5.41. The number of hydrogen-bond acceptors (Lipinski definition) is 3. The molecule has 1 aromatic carbocycles. The first-order valence-corrected chi connectivity index (χ1v) is 4.96. The Balaban J connectivity index is 2.92. The predicted octanol–water partition coefficient (Wildman–Crippen LogP) is 2.35. The van der Waals surface area contributed by atoms with E-state index < -0.39 is 6.03 Å². The van der Waals surface area contributed by atoms with Gasteiger partial charge in [0.2, 0.25) is 0 Å². The number of amides is 2. The van der Waals surface area contributed by atoms with Crippen LogP contribution in [0.1, 0.15) is 13.3 Å². The van der Waals surface area contributed by atoms with Gasteiger partial charge in [0.15, 0.2) is 0 Å². The van der Waals surface area contributed by atoms with Crippen LogP contribution in [0.5, 0.6) is 0 Å². The number of amidine groups is 1. The van der Waals surface area contributed by atoms with Crippen molar-refractivity contribution in [2.75, 3.05) is 0 Å². The zero-order chi connectivity index (χ0) is 11.3. The van der Waals surface area contributed by atoms with Crippen LogP contribution in [0.2, 0.25) is 0 Å². The molecule has 0 aromatic heterocycles. The molecule has 0 aliphatic carbocycles. The van der Waals surface area contributed by atoms with E-state index in [0.717, 1.165) is 9.99 Å². The van der Waals surface area contributed by atoms with Crippen molar-refractivity contribution in [1.82, 2.24) is 4.31 Å². The van der Waals surface area contributed by atoms with Crippen molar-refractivity contribution >= 4 is 30.4 Å². The first kappa shape index (κ1) is 11.6. The molecule has 2 amide bonds. The van der Waals surface area contributed by atoms with Crippen molar-refractivity contribution in [3.8, 4) is 0 Å². The number of aliphatic imine (C=N–C) groups is 1. The predicted molar refractivity (Wildman–Crippen MR) is 64.2 cm³/mol. The van der Waals surface area contributed by atoms with Crippen molar-refractivity contribution in [1.29, 1.82) is 0 Å². The van der Waals surface area contributed by atoms with E-state index in [2.05, 4.69) is 17.8 Å². The lowest BCUT2D eigenvalue weighted by atomic mass is 10.3. The Labute approximate surface area is 94.3 Å². The maximum absolute atomic E-state index is 10.9. The number of nitrogens with two attached hydrogens (primary N) is 1. The van der Waals surface area contributed by atoms with E-state index in [-0.39, 0.29) is 0 Å². The van der Waals surface area contributed by atoms with Gasteiger partial charge in [0, 0.05) is 6.42 Å². The van der Waals surface area contributed by atoms with E-state index in [9.17, 15) is 4.79 Å². The molecule has 0 bridgehead atoms. The van der Waals surface area contributed by atoms with Crippen molar-refractivity contribution in [2.45, 2.75) is 13.3 Å². The van der Waals surface area contributed by atoms with Gasteiger partial charge in [-0.05, 0) is 12.1 Å². The van der Waals surface area contributed by atoms with Gasteiger partial charge in [0.25, 0.3) is 0 Å². The fourth-order valence-corrected chi connectivity index (χ4v) is 1.24. The second-order valence-corrected chi connectivity index (χ2v) is 3.27.